The van der Waals surface area contributed by atoms with E-state index in [1.54, 1.807) is 24.3 Å². The number of nitrogens with one attached hydrogen (secondary N) is 2. The average molecular weight is 362 g/mol. The topological polar surface area (TPSA) is 102 Å². The van der Waals surface area contributed by atoms with Gasteiger partial charge in [-0.2, -0.15) is 0 Å². The molecule has 25 heavy (non-hydrogen) atoms. The molecule has 0 aromatic heterocycles. The molecule has 2 aromatic carbocycles. The Labute approximate surface area is 146 Å². The van der Waals surface area contributed by atoms with Crippen LogP contribution in [0.5, 0.6) is 0 Å². The minimum Gasteiger partial charge on any atom is -0.469 e. The Morgan fingerprint density at radius 1 is 0.960 bits per heavy atom. The fraction of sp³-hybridized carbons (Fsp3) is 0.176. The predicted octanol–water partition coefficient (Wildman–Crippen LogP) is 2.16. The lowest BCUT2D eigenvalue weighted by Gasteiger charge is -2.09. The van der Waals surface area contributed by atoms with Crippen molar-refractivity contribution >= 4 is 33.3 Å². The monoisotopic (exact) mass is 362 g/mol. The van der Waals surface area contributed by atoms with Crippen molar-refractivity contribution in [1.29, 1.82) is 0 Å². The van der Waals surface area contributed by atoms with Gasteiger partial charge in [0.15, 0.2) is 0 Å². The summed E-state index contributed by atoms with van der Waals surface area (Å²) >= 11 is 0. The molecule has 1 amide bonds. The van der Waals surface area contributed by atoms with Gasteiger partial charge in [0, 0.05) is 18.3 Å². The van der Waals surface area contributed by atoms with E-state index in [4.69, 9.17) is 0 Å². The molecule has 7 nitrogen and oxygen atoms in total. The Morgan fingerprint density at radius 3 is 2.04 bits per heavy atom. The molecule has 0 spiro atoms. The second-order valence-corrected chi connectivity index (χ2v) is 6.94. The lowest BCUT2D eigenvalue weighted by molar-refractivity contribution is -0.139. The number of hydrogen-bond donors (Lipinski definition) is 2. The Balaban J connectivity index is 2.10. The quantitative estimate of drug-likeness (QED) is 0.767. The number of carbonyl (C=O) groups excluding carboxylic acids is 2. The largest absolute Gasteiger partial charge is 0.469 e. The molecule has 2 N–H and O–H groups in total. The van der Waals surface area contributed by atoms with E-state index in [2.05, 4.69) is 14.8 Å². The van der Waals surface area contributed by atoms with Gasteiger partial charge in [-0.05, 0) is 42.0 Å². The van der Waals surface area contributed by atoms with E-state index in [1.165, 1.54) is 38.3 Å². The summed E-state index contributed by atoms with van der Waals surface area (Å²) in [4.78, 5) is 22.3. The van der Waals surface area contributed by atoms with Crippen molar-refractivity contribution in [2.24, 2.45) is 0 Å². The molecule has 2 rings (SSSR count). The molecule has 132 valence electrons. The molecular weight excluding hydrogens is 344 g/mol. The van der Waals surface area contributed by atoms with Gasteiger partial charge in [-0.3, -0.25) is 14.3 Å². The van der Waals surface area contributed by atoms with Gasteiger partial charge in [-0.15, -0.1) is 0 Å². The second-order valence-electron chi connectivity index (χ2n) is 5.26. The zero-order valence-electron chi connectivity index (χ0n) is 13.8. The van der Waals surface area contributed by atoms with Crippen LogP contribution in [-0.2, 0) is 30.8 Å². The summed E-state index contributed by atoms with van der Waals surface area (Å²) in [6.45, 7) is 1.37. The van der Waals surface area contributed by atoms with Gasteiger partial charge in [-0.25, -0.2) is 8.42 Å². The molecule has 0 saturated heterocycles. The molecule has 2 aromatic rings. The number of carbonyl (C=O) groups is 2. The number of sulfonamides is 1. The van der Waals surface area contributed by atoms with Crippen molar-refractivity contribution in [3.05, 3.63) is 54.1 Å². The summed E-state index contributed by atoms with van der Waals surface area (Å²) in [5, 5.41) is 2.57. The van der Waals surface area contributed by atoms with Crippen LogP contribution >= 0.6 is 0 Å². The van der Waals surface area contributed by atoms with E-state index in [9.17, 15) is 18.0 Å². The summed E-state index contributed by atoms with van der Waals surface area (Å²) in [5.74, 6) is -0.603. The number of anilines is 2. The molecule has 0 radical (unpaired) electrons. The zero-order valence-corrected chi connectivity index (χ0v) is 14.6. The number of hydrogen-bond acceptors (Lipinski definition) is 5. The molecule has 0 aliphatic heterocycles. The maximum absolute atomic E-state index is 12.4. The number of esters is 1. The van der Waals surface area contributed by atoms with Crippen LogP contribution in [0, 0.1) is 0 Å². The van der Waals surface area contributed by atoms with Gasteiger partial charge in [0.2, 0.25) is 5.91 Å². The minimum absolute atomic E-state index is 0.0697. The van der Waals surface area contributed by atoms with Crippen molar-refractivity contribution < 1.29 is 22.7 Å². The predicted molar refractivity (Wildman–Crippen MR) is 93.7 cm³/mol. The molecule has 0 aliphatic carbocycles. The summed E-state index contributed by atoms with van der Waals surface area (Å²) < 4.78 is 31.8. The van der Waals surface area contributed by atoms with Crippen LogP contribution in [0.15, 0.2) is 53.4 Å². The maximum atomic E-state index is 12.4. The average Bonchev–Trinajstić information content (AvgIpc) is 2.56. The van der Waals surface area contributed by atoms with E-state index in [0.29, 0.717) is 11.4 Å². The van der Waals surface area contributed by atoms with E-state index >= 15 is 0 Å². The van der Waals surface area contributed by atoms with Crippen LogP contribution in [-0.4, -0.2) is 27.4 Å². The van der Waals surface area contributed by atoms with Crippen LogP contribution < -0.4 is 10.0 Å². The molecular formula is C17H18N2O5S. The molecule has 0 aliphatic rings. The summed E-state index contributed by atoms with van der Waals surface area (Å²) in [5.41, 5.74) is 1.60. The van der Waals surface area contributed by atoms with Gasteiger partial charge < -0.3 is 10.1 Å². The third-order valence-electron chi connectivity index (χ3n) is 3.27. The van der Waals surface area contributed by atoms with E-state index < -0.39 is 10.0 Å². The van der Waals surface area contributed by atoms with Gasteiger partial charge >= 0.3 is 5.97 Å². The Morgan fingerprint density at radius 2 is 1.52 bits per heavy atom. The second kappa shape index (κ2) is 7.80. The molecule has 0 bridgehead atoms. The molecule has 0 atom stereocenters. The van der Waals surface area contributed by atoms with Crippen LogP contribution in [0.3, 0.4) is 0 Å². The van der Waals surface area contributed by atoms with Gasteiger partial charge in [-0.1, -0.05) is 12.1 Å². The number of benzene rings is 2. The molecule has 0 unspecified atom stereocenters. The lowest BCUT2D eigenvalue weighted by Crippen LogP contribution is -2.13. The van der Waals surface area contributed by atoms with Gasteiger partial charge in [0.1, 0.15) is 0 Å². The van der Waals surface area contributed by atoms with Gasteiger partial charge in [0.05, 0.1) is 18.4 Å². The first-order valence-corrected chi connectivity index (χ1v) is 8.85. The highest BCUT2D eigenvalue weighted by atomic mass is 32.2. The van der Waals surface area contributed by atoms with E-state index in [-0.39, 0.29) is 23.2 Å². The maximum Gasteiger partial charge on any atom is 0.309 e. The Bertz CT molecular complexity index is 859. The minimum atomic E-state index is -3.75. The van der Waals surface area contributed by atoms with Crippen LogP contribution in [0.4, 0.5) is 11.4 Å². The van der Waals surface area contributed by atoms with E-state index in [0.717, 1.165) is 5.56 Å². The molecule has 0 saturated carbocycles. The number of amides is 1. The Hall–Kier alpha value is -2.87. The first kappa shape index (κ1) is 18.5. The fourth-order valence-electron chi connectivity index (χ4n) is 2.06. The van der Waals surface area contributed by atoms with Crippen molar-refractivity contribution in [1.82, 2.24) is 0 Å². The van der Waals surface area contributed by atoms with Crippen molar-refractivity contribution in [2.45, 2.75) is 18.2 Å². The molecule has 0 fully saturated rings. The normalized spacial score (nSPS) is 10.8. The zero-order chi connectivity index (χ0) is 18.4. The van der Waals surface area contributed by atoms with Crippen LogP contribution in [0.2, 0.25) is 0 Å². The standard InChI is InChI=1S/C17H18N2O5S/c1-12(20)18-14-7-9-16(10-8-14)25(22,23)19-15-5-3-13(4-6-15)11-17(21)24-2/h3-10,19H,11H2,1-2H3,(H,18,20). The summed E-state index contributed by atoms with van der Waals surface area (Å²) in [6.07, 6.45) is 0.119. The van der Waals surface area contributed by atoms with E-state index in [1.807, 2.05) is 0 Å². The third-order valence-corrected chi connectivity index (χ3v) is 4.66. The SMILES string of the molecule is COC(=O)Cc1ccc(NS(=O)(=O)c2ccc(NC(C)=O)cc2)cc1. The Kier molecular flexibility index (Phi) is 5.76. The first-order valence-electron chi connectivity index (χ1n) is 7.36. The molecule has 8 heteroatoms. The lowest BCUT2D eigenvalue weighted by atomic mass is 10.1. The number of methoxy groups -OCH3 is 1. The van der Waals surface area contributed by atoms with Crippen molar-refractivity contribution in [3.8, 4) is 0 Å². The summed E-state index contributed by atoms with van der Waals surface area (Å²) in [6, 6.07) is 12.3. The molecule has 0 heterocycles. The van der Waals surface area contributed by atoms with Crippen molar-refractivity contribution in [3.63, 3.8) is 0 Å². The number of ether oxygens (including phenoxy) is 1. The van der Waals surface area contributed by atoms with Crippen LogP contribution in [0.1, 0.15) is 12.5 Å². The van der Waals surface area contributed by atoms with Crippen LogP contribution in [0.25, 0.3) is 0 Å². The highest BCUT2D eigenvalue weighted by Gasteiger charge is 2.14. The highest BCUT2D eigenvalue weighted by Crippen LogP contribution is 2.19. The smallest absolute Gasteiger partial charge is 0.309 e. The summed E-state index contributed by atoms with van der Waals surface area (Å²) in [7, 11) is -2.45. The highest BCUT2D eigenvalue weighted by molar-refractivity contribution is 7.92. The fourth-order valence-corrected chi connectivity index (χ4v) is 3.12. The number of rotatable bonds is 6. The first-order chi connectivity index (χ1) is 11.8. The van der Waals surface area contributed by atoms with Crippen molar-refractivity contribution in [2.75, 3.05) is 17.1 Å². The van der Waals surface area contributed by atoms with Gasteiger partial charge in [0.25, 0.3) is 10.0 Å². The third kappa shape index (κ3) is 5.32.